The van der Waals surface area contributed by atoms with Crippen molar-refractivity contribution in [1.82, 2.24) is 0 Å². The fraction of sp³-hybridized carbons (Fsp3) is 0.300. The Kier molecular flexibility index (Phi) is 5.44. The molecule has 0 spiro atoms. The van der Waals surface area contributed by atoms with Crippen LogP contribution >= 0.6 is 12.4 Å². The minimum atomic E-state index is -4.54. The molecule has 0 radical (unpaired) electrons. The first kappa shape index (κ1) is 16.5. The first-order valence-electron chi connectivity index (χ1n) is 4.65. The number of alkyl halides is 3. The fourth-order valence-electron chi connectivity index (χ4n) is 1.22. The van der Waals surface area contributed by atoms with Gasteiger partial charge in [-0.2, -0.15) is 13.2 Å². The highest BCUT2D eigenvalue weighted by Gasteiger charge is 2.31. The Morgan fingerprint density at radius 3 is 2.28 bits per heavy atom. The van der Waals surface area contributed by atoms with Gasteiger partial charge in [0.1, 0.15) is 5.75 Å². The number of nitrogens with two attached hydrogens (primary N) is 2. The lowest BCUT2D eigenvalue weighted by molar-refractivity contribution is -0.137. The van der Waals surface area contributed by atoms with Crippen molar-refractivity contribution >= 4 is 18.5 Å². The monoisotopic (exact) mass is 284 g/mol. The van der Waals surface area contributed by atoms with Gasteiger partial charge in [-0.05, 0) is 30.7 Å². The fourth-order valence-corrected chi connectivity index (χ4v) is 1.22. The molecule has 0 bridgehead atoms. The van der Waals surface area contributed by atoms with Crippen LogP contribution in [-0.4, -0.2) is 6.09 Å². The van der Waals surface area contributed by atoms with Crippen LogP contribution in [0.1, 0.15) is 24.1 Å². The molecule has 0 heterocycles. The molecule has 1 atom stereocenters. The number of carbonyl (C=O) groups excluding carboxylic acids is 1. The molecule has 1 amide bonds. The molecule has 0 aliphatic heterocycles. The number of benzene rings is 1. The minimum absolute atomic E-state index is 0. The summed E-state index contributed by atoms with van der Waals surface area (Å²) in [4.78, 5) is 10.5. The summed E-state index contributed by atoms with van der Waals surface area (Å²) in [5.74, 6) is -0.278. The van der Waals surface area contributed by atoms with Crippen LogP contribution in [0.15, 0.2) is 18.2 Å². The lowest BCUT2D eigenvalue weighted by atomic mass is 10.0. The topological polar surface area (TPSA) is 78.3 Å². The predicted molar refractivity (Wildman–Crippen MR) is 61.5 cm³/mol. The van der Waals surface area contributed by atoms with Gasteiger partial charge < -0.3 is 16.2 Å². The summed E-state index contributed by atoms with van der Waals surface area (Å²) in [6.07, 6.45) is -5.72. The van der Waals surface area contributed by atoms with Gasteiger partial charge in [0.2, 0.25) is 0 Å². The van der Waals surface area contributed by atoms with E-state index in [1.807, 2.05) is 0 Å². The van der Waals surface area contributed by atoms with Gasteiger partial charge in [0.15, 0.2) is 0 Å². The van der Waals surface area contributed by atoms with Crippen LogP contribution in [0.3, 0.4) is 0 Å². The zero-order valence-electron chi connectivity index (χ0n) is 9.32. The van der Waals surface area contributed by atoms with E-state index in [2.05, 4.69) is 4.74 Å². The van der Waals surface area contributed by atoms with Gasteiger partial charge in [0, 0.05) is 6.04 Å². The highest BCUT2D eigenvalue weighted by Crippen LogP contribution is 2.33. The van der Waals surface area contributed by atoms with Crippen LogP contribution in [0.4, 0.5) is 18.0 Å². The van der Waals surface area contributed by atoms with Crippen LogP contribution in [0.25, 0.3) is 0 Å². The maximum absolute atomic E-state index is 12.5. The Hall–Kier alpha value is -1.47. The van der Waals surface area contributed by atoms with E-state index in [1.54, 1.807) is 0 Å². The highest BCUT2D eigenvalue weighted by atomic mass is 35.5. The van der Waals surface area contributed by atoms with E-state index in [1.165, 1.54) is 13.0 Å². The molecule has 18 heavy (non-hydrogen) atoms. The normalized spacial score (nSPS) is 12.5. The van der Waals surface area contributed by atoms with Crippen molar-refractivity contribution in [2.24, 2.45) is 11.5 Å². The van der Waals surface area contributed by atoms with E-state index < -0.39 is 23.9 Å². The van der Waals surface area contributed by atoms with Gasteiger partial charge in [-0.3, -0.25) is 0 Å². The van der Waals surface area contributed by atoms with Gasteiger partial charge in [-0.25, -0.2) is 4.79 Å². The zero-order valence-corrected chi connectivity index (χ0v) is 10.1. The van der Waals surface area contributed by atoms with Crippen molar-refractivity contribution in [3.8, 4) is 5.75 Å². The minimum Gasteiger partial charge on any atom is -0.410 e. The van der Waals surface area contributed by atoms with Crippen molar-refractivity contribution in [2.45, 2.75) is 19.1 Å². The third-order valence-corrected chi connectivity index (χ3v) is 2.00. The van der Waals surface area contributed by atoms with E-state index in [9.17, 15) is 18.0 Å². The van der Waals surface area contributed by atoms with Gasteiger partial charge in [0.05, 0.1) is 5.56 Å². The molecule has 0 aliphatic carbocycles. The first-order chi connectivity index (χ1) is 7.70. The molecular formula is C10H12ClF3N2O2. The Morgan fingerprint density at radius 1 is 1.33 bits per heavy atom. The number of rotatable bonds is 2. The number of carbonyl (C=O) groups is 1. The standard InChI is InChI=1S/C10H11F3N2O2.ClH/c1-5(14)6-2-7(10(11,12)13)4-8(3-6)17-9(15)16;/h2-5H,14H2,1H3,(H2,15,16);1H. The molecule has 1 aromatic carbocycles. The molecule has 0 saturated carbocycles. The van der Waals surface area contributed by atoms with Crippen LogP contribution in [-0.2, 0) is 6.18 Å². The van der Waals surface area contributed by atoms with Crippen molar-refractivity contribution in [2.75, 3.05) is 0 Å². The third kappa shape index (κ3) is 4.42. The molecule has 102 valence electrons. The summed E-state index contributed by atoms with van der Waals surface area (Å²) in [7, 11) is 0. The van der Waals surface area contributed by atoms with Crippen LogP contribution in [0.5, 0.6) is 5.75 Å². The van der Waals surface area contributed by atoms with E-state index in [-0.39, 0.29) is 23.7 Å². The van der Waals surface area contributed by atoms with Gasteiger partial charge in [-0.15, -0.1) is 12.4 Å². The van der Waals surface area contributed by atoms with Crippen LogP contribution in [0.2, 0.25) is 0 Å². The summed E-state index contributed by atoms with van der Waals surface area (Å²) in [5.41, 5.74) is 9.49. The van der Waals surface area contributed by atoms with E-state index in [0.29, 0.717) is 6.07 Å². The van der Waals surface area contributed by atoms with Crippen molar-refractivity contribution in [3.05, 3.63) is 29.3 Å². The van der Waals surface area contributed by atoms with Crippen molar-refractivity contribution in [3.63, 3.8) is 0 Å². The van der Waals surface area contributed by atoms with Crippen LogP contribution < -0.4 is 16.2 Å². The second-order valence-corrected chi connectivity index (χ2v) is 3.50. The Bertz CT molecular complexity index is 436. The van der Waals surface area contributed by atoms with Crippen molar-refractivity contribution < 1.29 is 22.7 Å². The van der Waals surface area contributed by atoms with E-state index in [0.717, 1.165) is 6.07 Å². The number of primary amides is 1. The smallest absolute Gasteiger partial charge is 0.410 e. The summed E-state index contributed by atoms with van der Waals surface area (Å²) in [6, 6.07) is 2.22. The maximum Gasteiger partial charge on any atom is 0.416 e. The lowest BCUT2D eigenvalue weighted by Gasteiger charge is -2.13. The quantitative estimate of drug-likeness (QED) is 0.876. The van der Waals surface area contributed by atoms with Crippen LogP contribution in [0, 0.1) is 0 Å². The largest absolute Gasteiger partial charge is 0.416 e. The SMILES string of the molecule is CC(N)c1cc(OC(N)=O)cc(C(F)(F)F)c1.Cl. The number of hydrogen-bond donors (Lipinski definition) is 2. The molecule has 0 saturated heterocycles. The first-order valence-corrected chi connectivity index (χ1v) is 4.65. The van der Waals surface area contributed by atoms with Crippen molar-refractivity contribution in [1.29, 1.82) is 0 Å². The molecular weight excluding hydrogens is 273 g/mol. The number of hydrogen-bond acceptors (Lipinski definition) is 3. The number of halogens is 4. The summed E-state index contributed by atoms with van der Waals surface area (Å²) >= 11 is 0. The molecule has 8 heteroatoms. The maximum atomic E-state index is 12.5. The average Bonchev–Trinajstić information content (AvgIpc) is 2.14. The molecule has 1 aromatic rings. The van der Waals surface area contributed by atoms with Gasteiger partial charge in [-0.1, -0.05) is 0 Å². The third-order valence-electron chi connectivity index (χ3n) is 2.00. The van der Waals surface area contributed by atoms with Gasteiger partial charge in [0.25, 0.3) is 0 Å². The molecule has 0 aliphatic rings. The Morgan fingerprint density at radius 2 is 1.89 bits per heavy atom. The molecule has 0 fully saturated rings. The second-order valence-electron chi connectivity index (χ2n) is 3.50. The summed E-state index contributed by atoms with van der Waals surface area (Å²) in [5, 5.41) is 0. The van der Waals surface area contributed by atoms with Gasteiger partial charge >= 0.3 is 12.3 Å². The molecule has 1 unspecified atom stereocenters. The lowest BCUT2D eigenvalue weighted by Crippen LogP contribution is -2.17. The number of amides is 1. The zero-order chi connectivity index (χ0) is 13.2. The molecule has 1 rings (SSSR count). The van der Waals surface area contributed by atoms with E-state index >= 15 is 0 Å². The Labute approximate surface area is 107 Å². The molecule has 0 aromatic heterocycles. The average molecular weight is 285 g/mol. The number of ether oxygens (including phenoxy) is 1. The highest BCUT2D eigenvalue weighted by molar-refractivity contribution is 5.85. The summed E-state index contributed by atoms with van der Waals surface area (Å²) in [6.45, 7) is 1.52. The molecule has 4 nitrogen and oxygen atoms in total. The Balaban J connectivity index is 0.00000289. The second kappa shape index (κ2) is 5.92. The van der Waals surface area contributed by atoms with E-state index in [4.69, 9.17) is 11.5 Å². The summed E-state index contributed by atoms with van der Waals surface area (Å²) < 4.78 is 42.0. The molecule has 4 N–H and O–H groups in total. The predicted octanol–water partition coefficient (Wildman–Crippen LogP) is 2.60.